The fourth-order valence-corrected chi connectivity index (χ4v) is 10.3. The molecule has 8 bridgehead atoms. The molecular weight excluding hydrogens is 800 g/mol. The van der Waals surface area contributed by atoms with Crippen LogP contribution in [0.4, 0.5) is 0 Å². The summed E-state index contributed by atoms with van der Waals surface area (Å²) in [6.07, 6.45) is 4.39. The molecule has 0 heterocycles. The van der Waals surface area contributed by atoms with E-state index in [-0.39, 0.29) is 34.8 Å². The van der Waals surface area contributed by atoms with Crippen LogP contribution in [0.3, 0.4) is 0 Å². The van der Waals surface area contributed by atoms with Crippen molar-refractivity contribution in [1.29, 1.82) is 0 Å². The van der Waals surface area contributed by atoms with Crippen LogP contribution in [0.2, 0.25) is 0 Å². The van der Waals surface area contributed by atoms with Gasteiger partial charge in [0.15, 0.2) is 0 Å². The van der Waals surface area contributed by atoms with Crippen molar-refractivity contribution in [2.75, 3.05) is 0 Å². The molecule has 0 fully saturated rings. The summed E-state index contributed by atoms with van der Waals surface area (Å²) in [7, 11) is 0. The van der Waals surface area contributed by atoms with Crippen molar-refractivity contribution in [1.82, 2.24) is 0 Å². The van der Waals surface area contributed by atoms with E-state index in [4.69, 9.17) is 0 Å². The fourth-order valence-electron chi connectivity index (χ4n) is 10.3. The Kier molecular flexibility index (Phi) is 9.83. The van der Waals surface area contributed by atoms with Crippen molar-refractivity contribution in [3.05, 3.63) is 261 Å². The number of rotatable bonds is 0. The van der Waals surface area contributed by atoms with Gasteiger partial charge in [0.2, 0.25) is 0 Å². The van der Waals surface area contributed by atoms with Gasteiger partial charge in [0.25, 0.3) is 0 Å². The van der Waals surface area contributed by atoms with Gasteiger partial charge < -0.3 is 0 Å². The molecule has 0 radical (unpaired) electrons. The van der Waals surface area contributed by atoms with Crippen molar-refractivity contribution >= 4 is 24.0 Å². The molecule has 10 aliphatic carbocycles. The van der Waals surface area contributed by atoms with Gasteiger partial charge in [-0.1, -0.05) is 208 Å². The zero-order chi connectivity index (χ0) is 37.7. The van der Waals surface area contributed by atoms with E-state index in [1.54, 1.807) is 0 Å². The van der Waals surface area contributed by atoms with E-state index in [9.17, 15) is 0 Å². The smallest absolute Gasteiger partial charge is 0.0713 e. The number of hydrogen-bond donors (Lipinski definition) is 0. The first-order valence-electron chi connectivity index (χ1n) is 20.5. The quantitative estimate of drug-likeness (QED) is 0.133. The van der Waals surface area contributed by atoms with Gasteiger partial charge in [-0.05, 0) is 115 Å². The van der Waals surface area contributed by atoms with Crippen LogP contribution in [0.15, 0.2) is 194 Å². The average molecular weight is 847 g/mol. The third kappa shape index (κ3) is 5.69. The maximum absolute atomic E-state index is 2.35. The highest BCUT2D eigenvalue weighted by atomic mass is 127. The molecule has 0 aliphatic heterocycles. The molecule has 0 amide bonds. The molecule has 0 atom stereocenters. The Labute approximate surface area is 355 Å². The Morgan fingerprint density at radius 2 is 0.456 bits per heavy atom. The minimum atomic E-state index is -0.241. The molecule has 0 aromatic heterocycles. The Morgan fingerprint density at radius 1 is 0.263 bits per heavy atom. The molecule has 10 aliphatic rings. The zero-order valence-electron chi connectivity index (χ0n) is 32.7. The van der Waals surface area contributed by atoms with Crippen molar-refractivity contribution in [3.63, 3.8) is 0 Å². The molecule has 57 heavy (non-hydrogen) atoms. The van der Waals surface area contributed by atoms with Crippen LogP contribution in [0, 0.1) is 0 Å². The van der Waals surface area contributed by atoms with Gasteiger partial charge in [-0.2, -0.15) is 0 Å². The van der Waals surface area contributed by atoms with Crippen LogP contribution in [-0.4, -0.2) is 0 Å². The maximum Gasteiger partial charge on any atom is 0.0713 e. The molecule has 8 aromatic carbocycles. The molecule has 0 saturated carbocycles. The minimum absolute atomic E-state index is 0. The van der Waals surface area contributed by atoms with Gasteiger partial charge in [0, 0.05) is 0 Å². The highest BCUT2D eigenvalue weighted by Gasteiger charge is 2.47. The van der Waals surface area contributed by atoms with Crippen LogP contribution in [0.25, 0.3) is 22.3 Å². The van der Waals surface area contributed by atoms with Crippen molar-refractivity contribution in [2.24, 2.45) is 0 Å². The van der Waals surface area contributed by atoms with Gasteiger partial charge in [-0.3, -0.25) is 0 Å². The van der Waals surface area contributed by atoms with Crippen molar-refractivity contribution < 1.29 is 0 Å². The lowest BCUT2D eigenvalue weighted by Crippen LogP contribution is -2.28. The number of fused-ring (bicyclic) bond motifs is 6. The number of aryl methyl sites for hydroxylation is 4. The third-order valence-electron chi connectivity index (χ3n) is 12.9. The minimum Gasteiger partial charge on any atom is -0.107 e. The summed E-state index contributed by atoms with van der Waals surface area (Å²) in [6.45, 7) is 4.00. The van der Waals surface area contributed by atoms with Crippen LogP contribution in [0.1, 0.15) is 80.6 Å². The third-order valence-corrected chi connectivity index (χ3v) is 12.9. The number of halogens is 1. The van der Waals surface area contributed by atoms with Gasteiger partial charge in [-0.15, -0.1) is 24.0 Å². The first kappa shape index (κ1) is 37.1. The lowest BCUT2D eigenvalue weighted by Gasteiger charge is -2.33. The summed E-state index contributed by atoms with van der Waals surface area (Å²) in [5.74, 6) is 0. The Balaban J connectivity index is 0.000000140. The molecule has 2 spiro atoms. The Morgan fingerprint density at radius 3 is 0.667 bits per heavy atom. The summed E-state index contributed by atoms with van der Waals surface area (Å²) >= 11 is 0. The summed E-state index contributed by atoms with van der Waals surface area (Å²) in [5.41, 5.74) is 21.6. The fraction of sp³-hybridized carbons (Fsp3) is 0.143. The molecule has 278 valence electrons. The molecule has 0 nitrogen and oxygen atoms in total. The lowest BCUT2D eigenvalue weighted by atomic mass is 9.67. The van der Waals surface area contributed by atoms with E-state index >= 15 is 0 Å². The molecule has 8 aromatic rings. The van der Waals surface area contributed by atoms with Crippen LogP contribution in [-0.2, 0) is 36.5 Å². The van der Waals surface area contributed by atoms with Crippen molar-refractivity contribution in [3.8, 4) is 22.3 Å². The van der Waals surface area contributed by atoms with E-state index in [0.29, 0.717) is 0 Å². The van der Waals surface area contributed by atoms with E-state index in [1.165, 1.54) is 89.0 Å². The second kappa shape index (κ2) is 15.1. The molecule has 0 N–H and O–H groups in total. The van der Waals surface area contributed by atoms with Gasteiger partial charge in [-0.25, -0.2) is 0 Å². The standard InChI is InChI=1S/2C27H20.C2H6.HI/c2*1-3-7-25-23(5-1)24-6-2-4-8-26(24)27(25)21-15-11-19(12-16-21)9-10-20-13-17-22(27)18-14-20;1-2;/h2*1-8,11-18H,9-10H2;1-2H3;1H. The summed E-state index contributed by atoms with van der Waals surface area (Å²) in [6, 6.07) is 73.2. The average Bonchev–Trinajstić information content (AvgIpc) is 3.70. The zero-order valence-corrected chi connectivity index (χ0v) is 35.0. The normalized spacial score (nSPS) is 14.7. The van der Waals surface area contributed by atoms with Gasteiger partial charge >= 0.3 is 0 Å². The molecular formula is C56H47I. The predicted molar refractivity (Wildman–Crippen MR) is 249 cm³/mol. The largest absolute Gasteiger partial charge is 0.107 e. The number of hydrogen-bond acceptors (Lipinski definition) is 0. The first-order valence-corrected chi connectivity index (χ1v) is 20.5. The molecule has 18 rings (SSSR count). The molecule has 0 unspecified atom stereocenters. The monoisotopic (exact) mass is 846 g/mol. The molecule has 1 heteroatoms. The summed E-state index contributed by atoms with van der Waals surface area (Å²) in [4.78, 5) is 0. The summed E-state index contributed by atoms with van der Waals surface area (Å²) < 4.78 is 0. The number of benzene rings is 8. The van der Waals surface area contributed by atoms with Crippen LogP contribution >= 0.6 is 24.0 Å². The van der Waals surface area contributed by atoms with Crippen molar-refractivity contribution in [2.45, 2.75) is 50.4 Å². The van der Waals surface area contributed by atoms with E-state index in [1.807, 2.05) is 13.8 Å². The van der Waals surface area contributed by atoms with Gasteiger partial charge in [0.05, 0.1) is 10.8 Å². The topological polar surface area (TPSA) is 0 Å². The van der Waals surface area contributed by atoms with E-state index in [0.717, 1.165) is 25.7 Å². The van der Waals surface area contributed by atoms with Gasteiger partial charge in [0.1, 0.15) is 0 Å². The molecule has 0 saturated heterocycles. The second-order valence-electron chi connectivity index (χ2n) is 15.5. The Hall–Kier alpha value is -5.51. The van der Waals surface area contributed by atoms with E-state index in [2.05, 4.69) is 194 Å². The lowest BCUT2D eigenvalue weighted by molar-refractivity contribution is 0.768. The highest BCUT2D eigenvalue weighted by molar-refractivity contribution is 14.0. The Bertz CT molecular complexity index is 2300. The maximum atomic E-state index is 2.35. The second-order valence-corrected chi connectivity index (χ2v) is 15.5. The predicted octanol–water partition coefficient (Wildman–Crippen LogP) is 13.9. The van der Waals surface area contributed by atoms with E-state index < -0.39 is 0 Å². The highest BCUT2D eigenvalue weighted by Crippen LogP contribution is 2.57. The first-order chi connectivity index (χ1) is 27.7. The van der Waals surface area contributed by atoms with Crippen LogP contribution in [0.5, 0.6) is 0 Å². The van der Waals surface area contributed by atoms with Crippen LogP contribution < -0.4 is 0 Å². The SMILES string of the molecule is CC.I.c1ccc2c(c1)-c1ccccc1C21c2ccc(cc2)CCc2ccc1cc2.c1ccc2c(c1)-c1ccccc1C21c2ccc(cc2)CCc2ccc1cc2. The summed E-state index contributed by atoms with van der Waals surface area (Å²) in [5, 5.41) is 0.